The van der Waals surface area contributed by atoms with E-state index >= 15 is 0 Å². The van der Waals surface area contributed by atoms with E-state index in [2.05, 4.69) is 10.1 Å². The SMILES string of the molecule is COCCN1CCC[C@]2(CCN(Cc3cc(C)no3)C2)C1=O. The lowest BCUT2D eigenvalue weighted by Crippen LogP contribution is -2.50. The van der Waals surface area contributed by atoms with E-state index in [4.69, 9.17) is 9.26 Å². The van der Waals surface area contributed by atoms with Gasteiger partial charge >= 0.3 is 0 Å². The molecule has 1 aromatic rings. The molecule has 122 valence electrons. The molecule has 22 heavy (non-hydrogen) atoms. The Balaban J connectivity index is 1.63. The molecule has 2 aliphatic heterocycles. The van der Waals surface area contributed by atoms with Gasteiger partial charge in [-0.2, -0.15) is 0 Å². The summed E-state index contributed by atoms with van der Waals surface area (Å²) in [5.74, 6) is 1.20. The van der Waals surface area contributed by atoms with Crippen LogP contribution in [0.1, 0.15) is 30.7 Å². The van der Waals surface area contributed by atoms with Gasteiger partial charge in [0.25, 0.3) is 0 Å². The molecule has 1 spiro atoms. The molecule has 6 heteroatoms. The number of ether oxygens (including phenoxy) is 1. The normalized spacial score (nSPS) is 26.3. The molecule has 0 bridgehead atoms. The maximum atomic E-state index is 12.9. The second kappa shape index (κ2) is 6.38. The molecule has 0 saturated carbocycles. The van der Waals surface area contributed by atoms with Crippen molar-refractivity contribution in [3.63, 3.8) is 0 Å². The zero-order valence-electron chi connectivity index (χ0n) is 13.5. The van der Waals surface area contributed by atoms with Crippen LogP contribution in [-0.4, -0.2) is 60.8 Å². The molecule has 2 fully saturated rings. The number of amides is 1. The van der Waals surface area contributed by atoms with Crippen LogP contribution in [-0.2, 0) is 16.1 Å². The van der Waals surface area contributed by atoms with E-state index < -0.39 is 0 Å². The van der Waals surface area contributed by atoms with E-state index in [1.54, 1.807) is 7.11 Å². The van der Waals surface area contributed by atoms with Crippen molar-refractivity contribution in [3.8, 4) is 0 Å². The molecule has 0 N–H and O–H groups in total. The molecule has 3 rings (SSSR count). The molecule has 1 atom stereocenters. The highest BCUT2D eigenvalue weighted by atomic mass is 16.5. The van der Waals surface area contributed by atoms with Crippen molar-refractivity contribution >= 4 is 5.91 Å². The van der Waals surface area contributed by atoms with E-state index in [1.165, 1.54) is 0 Å². The first-order valence-electron chi connectivity index (χ1n) is 8.06. The van der Waals surface area contributed by atoms with Gasteiger partial charge in [0.05, 0.1) is 24.3 Å². The lowest BCUT2D eigenvalue weighted by molar-refractivity contribution is -0.146. The summed E-state index contributed by atoms with van der Waals surface area (Å²) in [5.41, 5.74) is 0.713. The minimum absolute atomic E-state index is 0.193. The standard InChI is InChI=1S/C16H25N3O3/c1-13-10-14(22-17-13)11-18-7-5-16(12-18)4-3-6-19(15(16)20)8-9-21-2/h10H,3-9,11-12H2,1-2H3/t16-/m1/s1. The molecular weight excluding hydrogens is 282 g/mol. The molecule has 1 aromatic heterocycles. The fraction of sp³-hybridized carbons (Fsp3) is 0.750. The highest BCUT2D eigenvalue weighted by molar-refractivity contribution is 5.84. The van der Waals surface area contributed by atoms with Gasteiger partial charge in [-0.1, -0.05) is 5.16 Å². The van der Waals surface area contributed by atoms with E-state index in [0.29, 0.717) is 19.1 Å². The Morgan fingerprint density at radius 1 is 1.41 bits per heavy atom. The summed E-state index contributed by atoms with van der Waals surface area (Å²) in [5, 5.41) is 3.93. The summed E-state index contributed by atoms with van der Waals surface area (Å²) >= 11 is 0. The number of methoxy groups -OCH3 is 1. The van der Waals surface area contributed by atoms with Crippen LogP contribution in [0.5, 0.6) is 0 Å². The number of aromatic nitrogens is 1. The molecule has 1 amide bonds. The first-order chi connectivity index (χ1) is 10.6. The third kappa shape index (κ3) is 3.03. The Kier molecular flexibility index (Phi) is 4.49. The number of carbonyl (C=O) groups is 1. The van der Waals surface area contributed by atoms with Gasteiger partial charge in [0.2, 0.25) is 5.91 Å². The average Bonchev–Trinajstić information content (AvgIpc) is 3.09. The summed E-state index contributed by atoms with van der Waals surface area (Å²) in [4.78, 5) is 17.2. The fourth-order valence-corrected chi connectivity index (χ4v) is 3.75. The first-order valence-corrected chi connectivity index (χ1v) is 8.06. The van der Waals surface area contributed by atoms with Crippen LogP contribution in [0.15, 0.2) is 10.6 Å². The van der Waals surface area contributed by atoms with Gasteiger partial charge in [0.15, 0.2) is 5.76 Å². The molecule has 0 radical (unpaired) electrons. The Bertz CT molecular complexity index is 530. The number of piperidine rings is 1. The van der Waals surface area contributed by atoms with Crippen molar-refractivity contribution in [2.24, 2.45) is 5.41 Å². The monoisotopic (exact) mass is 307 g/mol. The van der Waals surface area contributed by atoms with Gasteiger partial charge in [0, 0.05) is 32.8 Å². The maximum absolute atomic E-state index is 12.9. The van der Waals surface area contributed by atoms with E-state index in [0.717, 1.165) is 56.9 Å². The van der Waals surface area contributed by atoms with Crippen molar-refractivity contribution in [1.29, 1.82) is 0 Å². The van der Waals surface area contributed by atoms with E-state index in [9.17, 15) is 4.79 Å². The third-order valence-corrected chi connectivity index (χ3v) is 4.88. The molecule has 3 heterocycles. The van der Waals surface area contributed by atoms with Crippen LogP contribution in [0.3, 0.4) is 0 Å². The molecule has 0 unspecified atom stereocenters. The van der Waals surface area contributed by atoms with Crippen LogP contribution < -0.4 is 0 Å². The highest BCUT2D eigenvalue weighted by Gasteiger charge is 2.48. The highest BCUT2D eigenvalue weighted by Crippen LogP contribution is 2.40. The van der Waals surface area contributed by atoms with Gasteiger partial charge in [-0.25, -0.2) is 0 Å². The summed E-state index contributed by atoms with van der Waals surface area (Å²) in [6.45, 7) is 6.63. The van der Waals surface area contributed by atoms with Gasteiger partial charge in [-0.15, -0.1) is 0 Å². The second-order valence-electron chi connectivity index (χ2n) is 6.56. The smallest absolute Gasteiger partial charge is 0.230 e. The van der Waals surface area contributed by atoms with Crippen molar-refractivity contribution in [2.45, 2.75) is 32.7 Å². The van der Waals surface area contributed by atoms with Crippen molar-refractivity contribution in [3.05, 3.63) is 17.5 Å². The molecule has 0 aromatic carbocycles. The van der Waals surface area contributed by atoms with Gasteiger partial charge in [-0.05, 0) is 32.7 Å². The lowest BCUT2D eigenvalue weighted by atomic mass is 9.78. The van der Waals surface area contributed by atoms with E-state index in [1.807, 2.05) is 17.9 Å². The Hall–Kier alpha value is -1.40. The quantitative estimate of drug-likeness (QED) is 0.824. The first kappa shape index (κ1) is 15.5. The predicted octanol–water partition coefficient (Wildman–Crippen LogP) is 1.44. The van der Waals surface area contributed by atoms with E-state index in [-0.39, 0.29) is 5.41 Å². The number of aryl methyl sites for hydroxylation is 1. The number of likely N-dealkylation sites (tertiary alicyclic amines) is 2. The van der Waals surface area contributed by atoms with Crippen LogP contribution in [0.4, 0.5) is 0 Å². The average molecular weight is 307 g/mol. The molecule has 2 aliphatic rings. The van der Waals surface area contributed by atoms with Crippen LogP contribution >= 0.6 is 0 Å². The van der Waals surface area contributed by atoms with Gasteiger partial charge in [0.1, 0.15) is 0 Å². The Labute approximate surface area is 131 Å². The number of hydrogen-bond acceptors (Lipinski definition) is 5. The molecule has 0 aliphatic carbocycles. The Morgan fingerprint density at radius 3 is 3.00 bits per heavy atom. The van der Waals surface area contributed by atoms with Crippen LogP contribution in [0, 0.1) is 12.3 Å². The fourth-order valence-electron chi connectivity index (χ4n) is 3.75. The van der Waals surface area contributed by atoms with Crippen molar-refractivity contribution in [2.75, 3.05) is 39.9 Å². The summed E-state index contributed by atoms with van der Waals surface area (Å²) < 4.78 is 10.4. The Morgan fingerprint density at radius 2 is 2.27 bits per heavy atom. The van der Waals surface area contributed by atoms with Gasteiger partial charge < -0.3 is 14.2 Å². The van der Waals surface area contributed by atoms with Crippen LogP contribution in [0.2, 0.25) is 0 Å². The minimum Gasteiger partial charge on any atom is -0.383 e. The number of rotatable bonds is 5. The summed E-state index contributed by atoms with van der Waals surface area (Å²) in [6, 6.07) is 1.97. The number of nitrogens with zero attached hydrogens (tertiary/aromatic N) is 3. The van der Waals surface area contributed by atoms with Gasteiger partial charge in [-0.3, -0.25) is 9.69 Å². The number of carbonyl (C=O) groups excluding carboxylic acids is 1. The maximum Gasteiger partial charge on any atom is 0.230 e. The van der Waals surface area contributed by atoms with Crippen molar-refractivity contribution in [1.82, 2.24) is 15.0 Å². The number of hydrogen-bond donors (Lipinski definition) is 0. The molecule has 2 saturated heterocycles. The molecular formula is C16H25N3O3. The second-order valence-corrected chi connectivity index (χ2v) is 6.56. The minimum atomic E-state index is -0.193. The molecule has 6 nitrogen and oxygen atoms in total. The summed E-state index contributed by atoms with van der Waals surface area (Å²) in [7, 11) is 1.68. The van der Waals surface area contributed by atoms with Crippen LogP contribution in [0.25, 0.3) is 0 Å². The topological polar surface area (TPSA) is 58.8 Å². The zero-order valence-corrected chi connectivity index (χ0v) is 13.5. The zero-order chi connectivity index (χ0) is 15.6. The lowest BCUT2D eigenvalue weighted by Gasteiger charge is -2.39. The summed E-state index contributed by atoms with van der Waals surface area (Å²) in [6.07, 6.45) is 3.04. The predicted molar refractivity (Wildman–Crippen MR) is 81.3 cm³/mol. The largest absolute Gasteiger partial charge is 0.383 e. The van der Waals surface area contributed by atoms with Crippen molar-refractivity contribution < 1.29 is 14.1 Å². The third-order valence-electron chi connectivity index (χ3n) is 4.88.